The molecule has 0 fully saturated rings. The van der Waals surface area contributed by atoms with Crippen molar-refractivity contribution in [2.24, 2.45) is 0 Å². The van der Waals surface area contributed by atoms with E-state index in [1.807, 2.05) is 17.6 Å². The lowest BCUT2D eigenvalue weighted by Crippen LogP contribution is -2.31. The normalized spacial score (nSPS) is 10.8. The van der Waals surface area contributed by atoms with Crippen LogP contribution < -0.4 is 4.74 Å². The lowest BCUT2D eigenvalue weighted by Gasteiger charge is -2.21. The Morgan fingerprint density at radius 2 is 2.00 bits per heavy atom. The summed E-state index contributed by atoms with van der Waals surface area (Å²) in [5.74, 6) is -0.0761. The van der Waals surface area contributed by atoms with Crippen molar-refractivity contribution >= 4 is 17.7 Å². The largest absolute Gasteiger partial charge is 0.494 e. The topological polar surface area (TPSA) is 60.2 Å². The molecule has 3 rings (SSSR count). The number of carbonyl (C=O) groups excluding carboxylic acids is 1. The van der Waals surface area contributed by atoms with E-state index < -0.39 is 5.82 Å². The minimum atomic E-state index is -0.436. The van der Waals surface area contributed by atoms with Crippen molar-refractivity contribution in [2.45, 2.75) is 32.5 Å². The van der Waals surface area contributed by atoms with E-state index in [1.165, 1.54) is 36.1 Å². The van der Waals surface area contributed by atoms with Crippen molar-refractivity contribution in [3.8, 4) is 11.4 Å². The number of benzene rings is 2. The quantitative estimate of drug-likeness (QED) is 0.504. The van der Waals surface area contributed by atoms with Gasteiger partial charge in [-0.3, -0.25) is 9.36 Å². The minimum absolute atomic E-state index is 0.0478. The molecule has 0 unspecified atom stereocenters. The highest BCUT2D eigenvalue weighted by Crippen LogP contribution is 2.23. The first-order chi connectivity index (χ1) is 14.4. The summed E-state index contributed by atoms with van der Waals surface area (Å²) in [5.41, 5.74) is 4.06. The van der Waals surface area contributed by atoms with Crippen molar-refractivity contribution in [2.75, 3.05) is 19.4 Å². The molecule has 0 aliphatic rings. The molecule has 158 valence electrons. The molecule has 0 aliphatic carbocycles. The third kappa shape index (κ3) is 4.99. The maximum atomic E-state index is 13.9. The smallest absolute Gasteiger partial charge is 0.233 e. The maximum Gasteiger partial charge on any atom is 0.233 e. The number of rotatable bonds is 8. The van der Waals surface area contributed by atoms with Crippen LogP contribution in [-0.2, 0) is 11.3 Å². The Labute approximate surface area is 180 Å². The molecule has 0 spiro atoms. The molecular weight excluding hydrogens is 403 g/mol. The average molecular weight is 429 g/mol. The van der Waals surface area contributed by atoms with Crippen LogP contribution in [0.2, 0.25) is 0 Å². The van der Waals surface area contributed by atoms with Gasteiger partial charge in [0.05, 0.1) is 12.9 Å². The van der Waals surface area contributed by atoms with Gasteiger partial charge in [0.2, 0.25) is 5.91 Å². The Hall–Kier alpha value is -2.87. The van der Waals surface area contributed by atoms with Crippen LogP contribution in [-0.4, -0.2) is 45.0 Å². The minimum Gasteiger partial charge on any atom is -0.494 e. The number of carbonyl (C=O) groups is 1. The van der Waals surface area contributed by atoms with Gasteiger partial charge in [0.25, 0.3) is 0 Å². The highest BCUT2D eigenvalue weighted by atomic mass is 32.2. The number of hydrogen-bond donors (Lipinski definition) is 0. The predicted octanol–water partition coefficient (Wildman–Crippen LogP) is 4.17. The van der Waals surface area contributed by atoms with E-state index in [4.69, 9.17) is 4.74 Å². The van der Waals surface area contributed by atoms with Crippen LogP contribution in [0.5, 0.6) is 5.75 Å². The summed E-state index contributed by atoms with van der Waals surface area (Å²) in [6.07, 6.45) is 1.65. The molecule has 3 aromatic rings. The summed E-state index contributed by atoms with van der Waals surface area (Å²) < 4.78 is 20.8. The summed E-state index contributed by atoms with van der Waals surface area (Å²) in [6.45, 7) is 6.88. The number of hydrogen-bond acceptors (Lipinski definition) is 5. The van der Waals surface area contributed by atoms with E-state index in [-0.39, 0.29) is 17.4 Å². The summed E-state index contributed by atoms with van der Waals surface area (Å²) in [5, 5.41) is 8.81. The van der Waals surface area contributed by atoms with Crippen LogP contribution in [0.3, 0.4) is 0 Å². The van der Waals surface area contributed by atoms with Gasteiger partial charge in [-0.05, 0) is 61.7 Å². The lowest BCUT2D eigenvalue weighted by atomic mass is 10.1. The zero-order chi connectivity index (χ0) is 21.7. The van der Waals surface area contributed by atoms with Crippen LogP contribution >= 0.6 is 11.8 Å². The number of nitrogens with zero attached hydrogens (tertiary/aromatic N) is 4. The zero-order valence-electron chi connectivity index (χ0n) is 17.6. The molecule has 1 heterocycles. The number of aromatic nitrogens is 3. The molecule has 0 saturated carbocycles. The second-order valence-corrected chi connectivity index (χ2v) is 7.86. The highest BCUT2D eigenvalue weighted by molar-refractivity contribution is 7.99. The molecule has 6 nitrogen and oxygen atoms in total. The van der Waals surface area contributed by atoms with Crippen LogP contribution in [0, 0.1) is 19.7 Å². The van der Waals surface area contributed by atoms with Crippen LogP contribution in [0.4, 0.5) is 4.39 Å². The van der Waals surface area contributed by atoms with Crippen molar-refractivity contribution in [1.29, 1.82) is 0 Å². The lowest BCUT2D eigenvalue weighted by molar-refractivity contribution is -0.128. The Bertz CT molecular complexity index is 1040. The number of aryl methyl sites for hydroxylation is 2. The van der Waals surface area contributed by atoms with Gasteiger partial charge in [0.1, 0.15) is 6.33 Å². The van der Waals surface area contributed by atoms with Crippen molar-refractivity contribution in [3.05, 3.63) is 65.2 Å². The zero-order valence-corrected chi connectivity index (χ0v) is 18.4. The second kappa shape index (κ2) is 9.75. The van der Waals surface area contributed by atoms with Gasteiger partial charge in [0, 0.05) is 18.8 Å². The summed E-state index contributed by atoms with van der Waals surface area (Å²) >= 11 is 1.33. The van der Waals surface area contributed by atoms with Gasteiger partial charge in [0.15, 0.2) is 16.7 Å². The Morgan fingerprint density at radius 3 is 2.67 bits per heavy atom. The molecule has 0 bridgehead atoms. The van der Waals surface area contributed by atoms with E-state index >= 15 is 0 Å². The fraction of sp³-hybridized carbons (Fsp3) is 0.318. The van der Waals surface area contributed by atoms with Crippen molar-refractivity contribution in [1.82, 2.24) is 19.7 Å². The van der Waals surface area contributed by atoms with Gasteiger partial charge in [-0.1, -0.05) is 23.9 Å². The summed E-state index contributed by atoms with van der Waals surface area (Å²) in [4.78, 5) is 14.4. The van der Waals surface area contributed by atoms with Gasteiger partial charge < -0.3 is 9.64 Å². The Kier molecular flexibility index (Phi) is 7.10. The molecule has 0 aliphatic heterocycles. The molecule has 0 N–H and O–H groups in total. The van der Waals surface area contributed by atoms with Crippen LogP contribution in [0.25, 0.3) is 5.69 Å². The molecule has 2 aromatic carbocycles. The standard InChI is InChI=1S/C22H25FN4O2S/c1-5-26(12-17-7-9-20(29-4)19(23)11-17)21(28)13-30-22-25-24-14-27(22)18-8-6-15(2)16(3)10-18/h6-11,14H,5,12-13H2,1-4H3. The third-order valence-corrected chi connectivity index (χ3v) is 5.86. The maximum absolute atomic E-state index is 13.9. The summed E-state index contributed by atoms with van der Waals surface area (Å²) in [7, 11) is 1.42. The highest BCUT2D eigenvalue weighted by Gasteiger charge is 2.16. The van der Waals surface area contributed by atoms with E-state index in [0.29, 0.717) is 23.8 Å². The number of amides is 1. The number of methoxy groups -OCH3 is 1. The van der Waals surface area contributed by atoms with Crippen LogP contribution in [0.1, 0.15) is 23.6 Å². The van der Waals surface area contributed by atoms with E-state index in [1.54, 1.807) is 23.4 Å². The SMILES string of the molecule is CCN(Cc1ccc(OC)c(F)c1)C(=O)CSc1nncn1-c1ccc(C)c(C)c1. The molecule has 1 aromatic heterocycles. The first-order valence-corrected chi connectivity index (χ1v) is 10.6. The van der Waals surface area contributed by atoms with E-state index in [2.05, 4.69) is 36.2 Å². The van der Waals surface area contributed by atoms with E-state index in [0.717, 1.165) is 5.69 Å². The molecule has 0 saturated heterocycles. The molecule has 0 atom stereocenters. The Balaban J connectivity index is 1.66. The first kappa shape index (κ1) is 21.8. The van der Waals surface area contributed by atoms with Gasteiger partial charge in [-0.25, -0.2) is 4.39 Å². The second-order valence-electron chi connectivity index (χ2n) is 6.92. The van der Waals surface area contributed by atoms with E-state index in [9.17, 15) is 9.18 Å². The molecule has 8 heteroatoms. The first-order valence-electron chi connectivity index (χ1n) is 9.63. The van der Waals surface area contributed by atoms with Crippen LogP contribution in [0.15, 0.2) is 47.9 Å². The molecule has 1 amide bonds. The number of thioether (sulfide) groups is 1. The predicted molar refractivity (Wildman–Crippen MR) is 116 cm³/mol. The Morgan fingerprint density at radius 1 is 1.20 bits per heavy atom. The molecular formula is C22H25FN4O2S. The van der Waals surface area contributed by atoms with Gasteiger partial charge in [-0.2, -0.15) is 0 Å². The van der Waals surface area contributed by atoms with Crippen molar-refractivity contribution in [3.63, 3.8) is 0 Å². The molecule has 30 heavy (non-hydrogen) atoms. The fourth-order valence-electron chi connectivity index (χ4n) is 3.00. The van der Waals surface area contributed by atoms with Gasteiger partial charge in [-0.15, -0.1) is 10.2 Å². The third-order valence-electron chi connectivity index (χ3n) is 4.93. The van der Waals surface area contributed by atoms with Crippen molar-refractivity contribution < 1.29 is 13.9 Å². The molecule has 0 radical (unpaired) electrons. The fourth-order valence-corrected chi connectivity index (χ4v) is 3.83. The average Bonchev–Trinajstić information content (AvgIpc) is 3.21. The number of ether oxygens (including phenoxy) is 1. The van der Waals surface area contributed by atoms with Gasteiger partial charge >= 0.3 is 0 Å². The number of halogens is 1. The summed E-state index contributed by atoms with van der Waals surface area (Å²) in [6, 6.07) is 10.9. The monoisotopic (exact) mass is 428 g/mol.